The highest BCUT2D eigenvalue weighted by Crippen LogP contribution is 2.16. The Kier molecular flexibility index (Phi) is 5.83. The van der Waals surface area contributed by atoms with E-state index in [-0.39, 0.29) is 0 Å². The predicted molar refractivity (Wildman–Crippen MR) is 79.5 cm³/mol. The van der Waals surface area contributed by atoms with Gasteiger partial charge in [-0.25, -0.2) is 0 Å². The lowest BCUT2D eigenvalue weighted by molar-refractivity contribution is 0.0338. The molecule has 1 atom stereocenters. The van der Waals surface area contributed by atoms with Gasteiger partial charge in [0.25, 0.3) is 0 Å². The number of rotatable bonds is 6. The van der Waals surface area contributed by atoms with E-state index in [9.17, 15) is 0 Å². The van der Waals surface area contributed by atoms with Crippen molar-refractivity contribution in [2.24, 2.45) is 0 Å². The quantitative estimate of drug-likeness (QED) is 0.851. The Labute approximate surface area is 116 Å². The molecule has 1 aromatic carbocycles. The molecule has 2 rings (SSSR count). The second kappa shape index (κ2) is 7.63. The molecule has 0 spiro atoms. The van der Waals surface area contributed by atoms with E-state index in [4.69, 9.17) is 4.74 Å². The van der Waals surface area contributed by atoms with Crippen molar-refractivity contribution in [3.8, 4) is 0 Å². The Hall–Kier alpha value is -0.900. The van der Waals surface area contributed by atoms with Gasteiger partial charge in [-0.3, -0.25) is 4.90 Å². The lowest BCUT2D eigenvalue weighted by Crippen LogP contribution is -2.41. The zero-order valence-corrected chi connectivity index (χ0v) is 12.2. The van der Waals surface area contributed by atoms with Gasteiger partial charge in [-0.2, -0.15) is 0 Å². The number of nitrogens with zero attached hydrogens (tertiary/aromatic N) is 1. The monoisotopic (exact) mass is 262 g/mol. The minimum Gasteiger partial charge on any atom is -0.379 e. The van der Waals surface area contributed by atoms with Crippen LogP contribution < -0.4 is 5.32 Å². The first-order valence-electron chi connectivity index (χ1n) is 7.39. The van der Waals surface area contributed by atoms with Crippen LogP contribution in [0.3, 0.4) is 0 Å². The Morgan fingerprint density at radius 1 is 1.21 bits per heavy atom. The Morgan fingerprint density at radius 2 is 1.89 bits per heavy atom. The Bertz CT molecular complexity index is 358. The van der Waals surface area contributed by atoms with Gasteiger partial charge in [-0.05, 0) is 24.6 Å². The van der Waals surface area contributed by atoms with Gasteiger partial charge in [-0.1, -0.05) is 37.6 Å². The third-order valence-electron chi connectivity index (χ3n) is 3.81. The van der Waals surface area contributed by atoms with Gasteiger partial charge in [0.15, 0.2) is 0 Å². The second-order valence-electron chi connectivity index (χ2n) is 5.25. The predicted octanol–water partition coefficient (Wildman–Crippen LogP) is 2.23. The molecular weight excluding hydrogens is 236 g/mol. The summed E-state index contributed by atoms with van der Waals surface area (Å²) in [6.07, 6.45) is 2.39. The van der Waals surface area contributed by atoms with Gasteiger partial charge < -0.3 is 10.1 Å². The number of hydrogen-bond donors (Lipinski definition) is 1. The number of ether oxygens (including phenoxy) is 1. The zero-order valence-electron chi connectivity index (χ0n) is 12.2. The van der Waals surface area contributed by atoms with Gasteiger partial charge >= 0.3 is 0 Å². The molecule has 19 heavy (non-hydrogen) atoms. The van der Waals surface area contributed by atoms with E-state index in [0.29, 0.717) is 6.04 Å². The van der Waals surface area contributed by atoms with E-state index in [1.807, 2.05) is 7.05 Å². The van der Waals surface area contributed by atoms with E-state index < -0.39 is 0 Å². The molecule has 0 saturated carbocycles. The minimum absolute atomic E-state index is 0.411. The second-order valence-corrected chi connectivity index (χ2v) is 5.25. The number of hydrogen-bond acceptors (Lipinski definition) is 3. The maximum atomic E-state index is 5.40. The molecule has 0 aromatic heterocycles. The molecule has 0 amide bonds. The third kappa shape index (κ3) is 4.30. The average molecular weight is 262 g/mol. The van der Waals surface area contributed by atoms with Crippen molar-refractivity contribution in [3.05, 3.63) is 35.4 Å². The highest BCUT2D eigenvalue weighted by atomic mass is 16.5. The molecule has 1 aliphatic heterocycles. The van der Waals surface area contributed by atoms with Crippen LogP contribution in [0.4, 0.5) is 0 Å². The van der Waals surface area contributed by atoms with E-state index in [1.54, 1.807) is 0 Å². The third-order valence-corrected chi connectivity index (χ3v) is 3.81. The summed E-state index contributed by atoms with van der Waals surface area (Å²) in [5.41, 5.74) is 2.82. The fourth-order valence-electron chi connectivity index (χ4n) is 2.61. The number of likely N-dealkylation sites (N-methyl/N-ethyl adjacent to an activating group) is 1. The lowest BCUT2D eigenvalue weighted by atomic mass is 10.0. The summed E-state index contributed by atoms with van der Waals surface area (Å²) in [7, 11) is 2.05. The van der Waals surface area contributed by atoms with Crippen LogP contribution in [0.2, 0.25) is 0 Å². The molecule has 1 aliphatic rings. The fraction of sp³-hybridized carbons (Fsp3) is 0.625. The van der Waals surface area contributed by atoms with Gasteiger partial charge in [-0.15, -0.1) is 0 Å². The first kappa shape index (κ1) is 14.5. The first-order chi connectivity index (χ1) is 9.33. The highest BCUT2D eigenvalue weighted by molar-refractivity contribution is 5.25. The maximum absolute atomic E-state index is 5.40. The van der Waals surface area contributed by atoms with Gasteiger partial charge in [0.1, 0.15) is 0 Å². The van der Waals surface area contributed by atoms with Crippen molar-refractivity contribution < 1.29 is 4.74 Å². The molecule has 1 saturated heterocycles. The number of benzene rings is 1. The van der Waals surface area contributed by atoms with Gasteiger partial charge in [0, 0.05) is 25.7 Å². The van der Waals surface area contributed by atoms with Crippen molar-refractivity contribution in [2.45, 2.75) is 25.8 Å². The van der Waals surface area contributed by atoms with Crippen LogP contribution in [0, 0.1) is 0 Å². The SMILES string of the molecule is CCCc1ccc(C(CN2CCOCC2)NC)cc1. The topological polar surface area (TPSA) is 24.5 Å². The van der Waals surface area contributed by atoms with Crippen molar-refractivity contribution in [1.29, 1.82) is 0 Å². The van der Waals surface area contributed by atoms with Gasteiger partial charge in [0.05, 0.1) is 13.2 Å². The highest BCUT2D eigenvalue weighted by Gasteiger charge is 2.16. The van der Waals surface area contributed by atoms with Gasteiger partial charge in [0.2, 0.25) is 0 Å². The van der Waals surface area contributed by atoms with E-state index in [1.165, 1.54) is 24.0 Å². The summed E-state index contributed by atoms with van der Waals surface area (Å²) in [6.45, 7) is 7.12. The van der Waals surface area contributed by atoms with Crippen molar-refractivity contribution in [2.75, 3.05) is 39.9 Å². The lowest BCUT2D eigenvalue weighted by Gasteiger charge is -2.30. The molecule has 1 N–H and O–H groups in total. The molecule has 1 unspecified atom stereocenters. The van der Waals surface area contributed by atoms with Crippen LogP contribution in [0.1, 0.15) is 30.5 Å². The van der Waals surface area contributed by atoms with Crippen LogP contribution >= 0.6 is 0 Å². The van der Waals surface area contributed by atoms with Crippen molar-refractivity contribution in [3.63, 3.8) is 0 Å². The summed E-state index contributed by atoms with van der Waals surface area (Å²) in [6, 6.07) is 9.48. The molecule has 3 nitrogen and oxygen atoms in total. The summed E-state index contributed by atoms with van der Waals surface area (Å²) >= 11 is 0. The molecule has 106 valence electrons. The average Bonchev–Trinajstić information content (AvgIpc) is 2.47. The van der Waals surface area contributed by atoms with E-state index >= 15 is 0 Å². The maximum Gasteiger partial charge on any atom is 0.0594 e. The molecule has 3 heteroatoms. The number of aryl methyl sites for hydroxylation is 1. The molecule has 1 fully saturated rings. The van der Waals surface area contributed by atoms with Crippen LogP contribution in [0.25, 0.3) is 0 Å². The normalized spacial score (nSPS) is 18.4. The standard InChI is InChI=1S/C16H26N2O/c1-3-4-14-5-7-15(8-6-14)16(17-2)13-18-9-11-19-12-10-18/h5-8,16-17H,3-4,9-13H2,1-2H3. The Morgan fingerprint density at radius 3 is 2.47 bits per heavy atom. The summed E-state index contributed by atoms with van der Waals surface area (Å²) < 4.78 is 5.40. The van der Waals surface area contributed by atoms with E-state index in [0.717, 1.165) is 32.8 Å². The summed E-state index contributed by atoms with van der Waals surface area (Å²) in [5, 5.41) is 3.43. The smallest absolute Gasteiger partial charge is 0.0594 e. The number of morpholine rings is 1. The summed E-state index contributed by atoms with van der Waals surface area (Å²) in [5.74, 6) is 0. The molecule has 0 aliphatic carbocycles. The van der Waals surface area contributed by atoms with Crippen molar-refractivity contribution >= 4 is 0 Å². The summed E-state index contributed by atoms with van der Waals surface area (Å²) in [4.78, 5) is 2.48. The minimum atomic E-state index is 0.411. The first-order valence-corrected chi connectivity index (χ1v) is 7.39. The molecule has 1 heterocycles. The van der Waals surface area contributed by atoms with Crippen molar-refractivity contribution in [1.82, 2.24) is 10.2 Å². The molecule has 0 radical (unpaired) electrons. The largest absolute Gasteiger partial charge is 0.379 e. The van der Waals surface area contributed by atoms with Crippen LogP contribution in [-0.4, -0.2) is 44.8 Å². The molecule has 1 aromatic rings. The molecular formula is C16H26N2O. The fourth-order valence-corrected chi connectivity index (χ4v) is 2.61. The van der Waals surface area contributed by atoms with Crippen LogP contribution in [-0.2, 0) is 11.2 Å². The van der Waals surface area contributed by atoms with E-state index in [2.05, 4.69) is 41.4 Å². The zero-order chi connectivity index (χ0) is 13.5. The van der Waals surface area contributed by atoms with Crippen LogP contribution in [0.5, 0.6) is 0 Å². The number of nitrogens with one attached hydrogen (secondary N) is 1. The molecule has 0 bridgehead atoms. The Balaban J connectivity index is 1.95. The van der Waals surface area contributed by atoms with Crippen LogP contribution in [0.15, 0.2) is 24.3 Å².